The average molecular weight is 461 g/mol. The summed E-state index contributed by atoms with van der Waals surface area (Å²) < 4.78 is 16.2. The Kier molecular flexibility index (Phi) is 8.49. The van der Waals surface area contributed by atoms with E-state index in [1.54, 1.807) is 29.2 Å². The molecule has 3 rings (SSSR count). The van der Waals surface area contributed by atoms with E-state index in [1.807, 2.05) is 25.3 Å². The van der Waals surface area contributed by atoms with Crippen LogP contribution in [0.2, 0.25) is 0 Å². The van der Waals surface area contributed by atoms with Crippen LogP contribution in [-0.4, -0.2) is 55.6 Å². The van der Waals surface area contributed by atoms with Crippen LogP contribution >= 0.6 is 11.3 Å². The Morgan fingerprint density at radius 3 is 2.50 bits per heavy atom. The first-order valence-electron chi connectivity index (χ1n) is 10.7. The van der Waals surface area contributed by atoms with Crippen molar-refractivity contribution in [2.24, 2.45) is 5.92 Å². The summed E-state index contributed by atoms with van der Waals surface area (Å²) in [6, 6.07) is 8.81. The van der Waals surface area contributed by atoms with Crippen molar-refractivity contribution in [3.8, 4) is 11.5 Å². The predicted octanol–water partition coefficient (Wildman–Crippen LogP) is 3.58. The standard InChI is InChI=1S/C23H28N2O6S/c1-3-29-17-7-8-19(30-4-2)18(14-17)24-21(26)15-31-23(28)16-9-11-25(12-10-16)22(27)20-6-5-13-32-20/h5-8,13-14,16H,3-4,9-12,15H2,1-2H3,(H,24,26). The van der Waals surface area contributed by atoms with Crippen LogP contribution < -0.4 is 14.8 Å². The summed E-state index contributed by atoms with van der Waals surface area (Å²) in [6.45, 7) is 5.25. The molecule has 1 aromatic carbocycles. The van der Waals surface area contributed by atoms with Gasteiger partial charge in [0.1, 0.15) is 11.5 Å². The van der Waals surface area contributed by atoms with Crippen LogP contribution in [0.15, 0.2) is 35.7 Å². The molecule has 1 fully saturated rings. The summed E-state index contributed by atoms with van der Waals surface area (Å²) in [5.41, 5.74) is 0.458. The minimum Gasteiger partial charge on any atom is -0.494 e. The second kappa shape index (κ2) is 11.5. The van der Waals surface area contributed by atoms with Gasteiger partial charge in [-0.15, -0.1) is 11.3 Å². The number of piperidine rings is 1. The van der Waals surface area contributed by atoms with Crippen LogP contribution in [0.5, 0.6) is 11.5 Å². The summed E-state index contributed by atoms with van der Waals surface area (Å²) in [6.07, 6.45) is 1.03. The molecule has 0 radical (unpaired) electrons. The number of thiophene rings is 1. The molecule has 0 unspecified atom stereocenters. The number of benzene rings is 1. The highest BCUT2D eigenvalue weighted by Gasteiger charge is 2.29. The van der Waals surface area contributed by atoms with Gasteiger partial charge in [0, 0.05) is 19.2 Å². The Bertz CT molecular complexity index is 923. The van der Waals surface area contributed by atoms with E-state index in [1.165, 1.54) is 11.3 Å². The topological polar surface area (TPSA) is 94.2 Å². The number of rotatable bonds is 9. The van der Waals surface area contributed by atoms with Gasteiger partial charge in [-0.05, 0) is 50.3 Å². The predicted molar refractivity (Wildman–Crippen MR) is 121 cm³/mol. The maximum Gasteiger partial charge on any atom is 0.309 e. The molecule has 9 heteroatoms. The largest absolute Gasteiger partial charge is 0.494 e. The minimum atomic E-state index is -0.460. The Hall–Kier alpha value is -3.07. The van der Waals surface area contributed by atoms with Crippen molar-refractivity contribution in [3.05, 3.63) is 40.6 Å². The number of ether oxygens (including phenoxy) is 3. The van der Waals surface area contributed by atoms with Gasteiger partial charge in [-0.2, -0.15) is 0 Å². The van der Waals surface area contributed by atoms with E-state index in [2.05, 4.69) is 5.32 Å². The minimum absolute atomic E-state index is 0.00872. The van der Waals surface area contributed by atoms with E-state index in [9.17, 15) is 14.4 Å². The highest BCUT2D eigenvalue weighted by Crippen LogP contribution is 2.29. The SMILES string of the molecule is CCOc1ccc(OCC)c(NC(=O)COC(=O)C2CCN(C(=O)c3cccs3)CC2)c1. The zero-order chi connectivity index (χ0) is 22.9. The van der Waals surface area contributed by atoms with Crippen LogP contribution in [0, 0.1) is 5.92 Å². The van der Waals surface area contributed by atoms with E-state index >= 15 is 0 Å². The number of carbonyl (C=O) groups is 3. The molecule has 0 spiro atoms. The molecule has 1 aliphatic rings. The molecule has 1 aromatic heterocycles. The third kappa shape index (κ3) is 6.23. The van der Waals surface area contributed by atoms with Gasteiger partial charge in [0.25, 0.3) is 11.8 Å². The van der Waals surface area contributed by atoms with Crippen molar-refractivity contribution < 1.29 is 28.6 Å². The van der Waals surface area contributed by atoms with Gasteiger partial charge >= 0.3 is 5.97 Å². The molecule has 172 valence electrons. The number of hydrogen-bond donors (Lipinski definition) is 1. The molecule has 1 saturated heterocycles. The number of anilines is 1. The Balaban J connectivity index is 1.47. The smallest absolute Gasteiger partial charge is 0.309 e. The molecule has 0 aliphatic carbocycles. The number of hydrogen-bond acceptors (Lipinski definition) is 7. The number of likely N-dealkylation sites (tertiary alicyclic amines) is 1. The van der Waals surface area contributed by atoms with Crippen molar-refractivity contribution in [1.82, 2.24) is 4.90 Å². The lowest BCUT2D eigenvalue weighted by Crippen LogP contribution is -2.40. The fourth-order valence-corrected chi connectivity index (χ4v) is 4.15. The first-order chi connectivity index (χ1) is 15.5. The van der Waals surface area contributed by atoms with Gasteiger partial charge in [-0.1, -0.05) is 6.07 Å². The molecule has 2 heterocycles. The summed E-state index contributed by atoms with van der Waals surface area (Å²) in [5, 5.41) is 4.59. The van der Waals surface area contributed by atoms with Crippen LogP contribution in [0.25, 0.3) is 0 Å². The first kappa shape index (κ1) is 23.6. The van der Waals surface area contributed by atoms with Crippen LogP contribution in [0.1, 0.15) is 36.4 Å². The van der Waals surface area contributed by atoms with Crippen molar-refractivity contribution in [1.29, 1.82) is 0 Å². The normalized spacial score (nSPS) is 14.0. The highest BCUT2D eigenvalue weighted by molar-refractivity contribution is 7.12. The van der Waals surface area contributed by atoms with Crippen molar-refractivity contribution >= 4 is 34.8 Å². The van der Waals surface area contributed by atoms with Crippen LogP contribution in [0.3, 0.4) is 0 Å². The first-order valence-corrected chi connectivity index (χ1v) is 11.6. The summed E-state index contributed by atoms with van der Waals surface area (Å²) in [5.74, 6) is -0.0960. The maximum absolute atomic E-state index is 12.4. The second-order valence-corrected chi connectivity index (χ2v) is 8.17. The molecule has 8 nitrogen and oxygen atoms in total. The molecule has 2 amide bonds. The number of nitrogens with one attached hydrogen (secondary N) is 1. The fraction of sp³-hybridized carbons (Fsp3) is 0.435. The Morgan fingerprint density at radius 2 is 1.84 bits per heavy atom. The van der Waals surface area contributed by atoms with Crippen molar-refractivity contribution in [2.75, 3.05) is 38.2 Å². The lowest BCUT2D eigenvalue weighted by molar-refractivity contribution is -0.152. The zero-order valence-corrected chi connectivity index (χ0v) is 19.1. The molecule has 1 aliphatic heterocycles. The lowest BCUT2D eigenvalue weighted by atomic mass is 9.97. The average Bonchev–Trinajstić information content (AvgIpc) is 3.34. The number of carbonyl (C=O) groups excluding carboxylic acids is 3. The van der Waals surface area contributed by atoms with Gasteiger partial charge in [-0.25, -0.2) is 0 Å². The van der Waals surface area contributed by atoms with Crippen molar-refractivity contribution in [2.45, 2.75) is 26.7 Å². The molecule has 0 atom stereocenters. The third-order valence-electron chi connectivity index (χ3n) is 5.03. The van der Waals surface area contributed by atoms with Gasteiger partial charge < -0.3 is 24.4 Å². The number of esters is 1. The number of amides is 2. The van der Waals surface area contributed by atoms with E-state index in [-0.39, 0.29) is 11.8 Å². The summed E-state index contributed by atoms with van der Waals surface area (Å²) >= 11 is 1.41. The van der Waals surface area contributed by atoms with E-state index in [4.69, 9.17) is 14.2 Å². The molecule has 0 bridgehead atoms. The molecule has 0 saturated carbocycles. The van der Waals surface area contributed by atoms with Crippen molar-refractivity contribution in [3.63, 3.8) is 0 Å². The number of nitrogens with zero attached hydrogens (tertiary/aromatic N) is 1. The van der Waals surface area contributed by atoms with E-state index in [0.717, 1.165) is 0 Å². The molecular weight excluding hydrogens is 432 g/mol. The quantitative estimate of drug-likeness (QED) is 0.575. The molecule has 32 heavy (non-hydrogen) atoms. The van der Waals surface area contributed by atoms with Gasteiger partial charge in [-0.3, -0.25) is 14.4 Å². The Labute approximate surface area is 191 Å². The zero-order valence-electron chi connectivity index (χ0n) is 18.3. The summed E-state index contributed by atoms with van der Waals surface area (Å²) in [4.78, 5) is 39.6. The van der Waals surface area contributed by atoms with E-state index < -0.39 is 18.5 Å². The monoisotopic (exact) mass is 460 g/mol. The molecular formula is C23H28N2O6S. The second-order valence-electron chi connectivity index (χ2n) is 7.22. The third-order valence-corrected chi connectivity index (χ3v) is 5.89. The van der Waals surface area contributed by atoms with Gasteiger partial charge in [0.15, 0.2) is 6.61 Å². The molecule has 1 N–H and O–H groups in total. The lowest BCUT2D eigenvalue weighted by Gasteiger charge is -2.30. The van der Waals surface area contributed by atoms with E-state index in [0.29, 0.717) is 61.2 Å². The molecule has 2 aromatic rings. The van der Waals surface area contributed by atoms with Crippen LogP contribution in [-0.2, 0) is 14.3 Å². The van der Waals surface area contributed by atoms with Gasteiger partial charge in [0.2, 0.25) is 0 Å². The fourth-order valence-electron chi connectivity index (χ4n) is 3.46. The highest BCUT2D eigenvalue weighted by atomic mass is 32.1. The van der Waals surface area contributed by atoms with Gasteiger partial charge in [0.05, 0.1) is 29.7 Å². The van der Waals surface area contributed by atoms with Crippen LogP contribution in [0.4, 0.5) is 5.69 Å². The Morgan fingerprint density at radius 1 is 1.09 bits per heavy atom. The maximum atomic E-state index is 12.4. The summed E-state index contributed by atoms with van der Waals surface area (Å²) in [7, 11) is 0.